The van der Waals surface area contributed by atoms with Gasteiger partial charge >= 0.3 is 0 Å². The number of methoxy groups -OCH3 is 1. The Kier molecular flexibility index (Phi) is 5.81. The van der Waals surface area contributed by atoms with E-state index in [1.807, 2.05) is 37.3 Å². The highest BCUT2D eigenvalue weighted by Crippen LogP contribution is 2.26. The molecule has 0 fully saturated rings. The van der Waals surface area contributed by atoms with E-state index in [2.05, 4.69) is 10.3 Å². The van der Waals surface area contributed by atoms with E-state index in [1.54, 1.807) is 32.2 Å². The number of carbonyl (C=O) groups excluding carboxylic acids is 1. The van der Waals surface area contributed by atoms with Gasteiger partial charge in [-0.1, -0.05) is 30.0 Å². The molecule has 0 unspecified atom stereocenters. The average molecular weight is 383 g/mol. The van der Waals surface area contributed by atoms with E-state index in [9.17, 15) is 9.59 Å². The second-order valence-corrected chi connectivity index (χ2v) is 7.22. The second-order valence-electron chi connectivity index (χ2n) is 5.91. The Morgan fingerprint density at radius 1 is 1.26 bits per heavy atom. The van der Waals surface area contributed by atoms with Crippen molar-refractivity contribution < 1.29 is 9.53 Å². The van der Waals surface area contributed by atoms with Crippen molar-refractivity contribution in [3.05, 3.63) is 58.9 Å². The van der Waals surface area contributed by atoms with E-state index in [0.717, 1.165) is 0 Å². The number of aromatic nitrogens is 2. The standard InChI is InChI=1S/C20H21N3O3S/c1-4-21-18(24)13(2)27-20-22-17-11-6-5-10-16(17)19(25)23(20)14-8-7-9-15(12-14)26-3/h5-13H,4H2,1-3H3,(H,21,24)/t13-/m1/s1. The molecule has 27 heavy (non-hydrogen) atoms. The van der Waals surface area contributed by atoms with Crippen molar-refractivity contribution in [2.24, 2.45) is 0 Å². The molecule has 3 rings (SSSR count). The Hall–Kier alpha value is -2.80. The van der Waals surface area contributed by atoms with Gasteiger partial charge in [0.1, 0.15) is 5.75 Å². The predicted molar refractivity (Wildman–Crippen MR) is 108 cm³/mol. The lowest BCUT2D eigenvalue weighted by Gasteiger charge is -2.16. The lowest BCUT2D eigenvalue weighted by atomic mass is 10.2. The van der Waals surface area contributed by atoms with Gasteiger partial charge in [-0.05, 0) is 38.1 Å². The fourth-order valence-corrected chi connectivity index (χ4v) is 3.65. The molecule has 140 valence electrons. The zero-order chi connectivity index (χ0) is 19.4. The van der Waals surface area contributed by atoms with Crippen molar-refractivity contribution in [3.8, 4) is 11.4 Å². The zero-order valence-electron chi connectivity index (χ0n) is 15.4. The van der Waals surface area contributed by atoms with Crippen LogP contribution in [0.5, 0.6) is 5.75 Å². The van der Waals surface area contributed by atoms with Gasteiger partial charge in [0, 0.05) is 12.6 Å². The first-order chi connectivity index (χ1) is 13.0. The molecule has 0 aliphatic heterocycles. The summed E-state index contributed by atoms with van der Waals surface area (Å²) in [5.41, 5.74) is 1.06. The minimum atomic E-state index is -0.394. The summed E-state index contributed by atoms with van der Waals surface area (Å²) in [5, 5.41) is 3.39. The Morgan fingerprint density at radius 2 is 2.04 bits per heavy atom. The van der Waals surface area contributed by atoms with Crippen LogP contribution in [-0.4, -0.2) is 34.4 Å². The maximum atomic E-state index is 13.2. The van der Waals surface area contributed by atoms with Crippen LogP contribution < -0.4 is 15.6 Å². The molecule has 0 radical (unpaired) electrons. The molecule has 1 amide bonds. The molecule has 0 spiro atoms. The number of thioether (sulfide) groups is 1. The average Bonchev–Trinajstić information content (AvgIpc) is 2.68. The predicted octanol–water partition coefficient (Wildman–Crippen LogP) is 3.01. The van der Waals surface area contributed by atoms with Gasteiger partial charge in [-0.25, -0.2) is 4.98 Å². The molecule has 6 nitrogen and oxygen atoms in total. The minimum Gasteiger partial charge on any atom is -0.497 e. The van der Waals surface area contributed by atoms with E-state index >= 15 is 0 Å². The van der Waals surface area contributed by atoms with Gasteiger partial charge in [-0.3, -0.25) is 14.2 Å². The summed E-state index contributed by atoms with van der Waals surface area (Å²) in [6, 6.07) is 14.4. The van der Waals surface area contributed by atoms with Crippen LogP contribution in [0, 0.1) is 0 Å². The molecule has 3 aromatic rings. The monoisotopic (exact) mass is 383 g/mol. The number of nitrogens with one attached hydrogen (secondary N) is 1. The highest BCUT2D eigenvalue weighted by Gasteiger charge is 2.20. The highest BCUT2D eigenvalue weighted by atomic mass is 32.2. The van der Waals surface area contributed by atoms with Gasteiger partial charge in [0.25, 0.3) is 5.56 Å². The van der Waals surface area contributed by atoms with Crippen molar-refractivity contribution >= 4 is 28.6 Å². The normalized spacial score (nSPS) is 12.0. The Morgan fingerprint density at radius 3 is 2.78 bits per heavy atom. The third-order valence-corrected chi connectivity index (χ3v) is 5.11. The van der Waals surface area contributed by atoms with Crippen LogP contribution in [0.15, 0.2) is 58.5 Å². The van der Waals surface area contributed by atoms with Crippen molar-refractivity contribution in [1.82, 2.24) is 14.9 Å². The number of benzene rings is 2. The number of carbonyl (C=O) groups is 1. The first-order valence-corrected chi connectivity index (χ1v) is 9.53. The summed E-state index contributed by atoms with van der Waals surface area (Å²) >= 11 is 1.25. The fourth-order valence-electron chi connectivity index (χ4n) is 2.70. The van der Waals surface area contributed by atoms with Gasteiger partial charge in [0.15, 0.2) is 5.16 Å². The lowest BCUT2D eigenvalue weighted by molar-refractivity contribution is -0.120. The zero-order valence-corrected chi connectivity index (χ0v) is 16.2. The van der Waals surface area contributed by atoms with Crippen molar-refractivity contribution in [2.75, 3.05) is 13.7 Å². The molecule has 0 aliphatic carbocycles. The van der Waals surface area contributed by atoms with Crippen molar-refractivity contribution in [2.45, 2.75) is 24.3 Å². The highest BCUT2D eigenvalue weighted by molar-refractivity contribution is 8.00. The van der Waals surface area contributed by atoms with Crippen LogP contribution in [0.2, 0.25) is 0 Å². The van der Waals surface area contributed by atoms with Crippen LogP contribution in [0.25, 0.3) is 16.6 Å². The summed E-state index contributed by atoms with van der Waals surface area (Å²) in [6.45, 7) is 4.22. The van der Waals surface area contributed by atoms with E-state index in [-0.39, 0.29) is 11.5 Å². The number of hydrogen-bond donors (Lipinski definition) is 1. The summed E-state index contributed by atoms with van der Waals surface area (Å²) in [6.07, 6.45) is 0. The van der Waals surface area contributed by atoms with Crippen molar-refractivity contribution in [3.63, 3.8) is 0 Å². The van der Waals surface area contributed by atoms with Crippen LogP contribution in [0.1, 0.15) is 13.8 Å². The van der Waals surface area contributed by atoms with Crippen LogP contribution in [-0.2, 0) is 4.79 Å². The van der Waals surface area contributed by atoms with Gasteiger partial charge in [-0.15, -0.1) is 0 Å². The van der Waals surface area contributed by atoms with Gasteiger partial charge in [0.2, 0.25) is 5.91 Å². The molecular formula is C20H21N3O3S. The van der Waals surface area contributed by atoms with E-state index in [4.69, 9.17) is 4.74 Å². The summed E-state index contributed by atoms with van der Waals surface area (Å²) in [7, 11) is 1.58. The SMILES string of the molecule is CCNC(=O)[C@@H](C)Sc1nc2ccccc2c(=O)n1-c1cccc(OC)c1. The number of amides is 1. The van der Waals surface area contributed by atoms with Gasteiger partial charge in [-0.2, -0.15) is 0 Å². The van der Waals surface area contributed by atoms with Gasteiger partial charge in [0.05, 0.1) is 29.0 Å². The van der Waals surface area contributed by atoms with Gasteiger partial charge < -0.3 is 10.1 Å². The largest absolute Gasteiger partial charge is 0.497 e. The molecule has 7 heteroatoms. The molecule has 1 atom stereocenters. The third-order valence-electron chi connectivity index (χ3n) is 4.06. The fraction of sp³-hybridized carbons (Fsp3) is 0.250. The first kappa shape index (κ1) is 19.0. The number of rotatable bonds is 6. The maximum Gasteiger partial charge on any atom is 0.266 e. The topological polar surface area (TPSA) is 73.2 Å². The van der Waals surface area contributed by atoms with E-state index < -0.39 is 5.25 Å². The minimum absolute atomic E-state index is 0.0953. The molecule has 0 saturated carbocycles. The molecule has 1 heterocycles. The van der Waals surface area contributed by atoms with Crippen LogP contribution >= 0.6 is 11.8 Å². The molecular weight excluding hydrogens is 362 g/mol. The first-order valence-electron chi connectivity index (χ1n) is 8.65. The third kappa shape index (κ3) is 3.98. The number of hydrogen-bond acceptors (Lipinski definition) is 5. The maximum absolute atomic E-state index is 13.2. The number of fused-ring (bicyclic) bond motifs is 1. The Labute approximate surface area is 161 Å². The molecule has 0 saturated heterocycles. The van der Waals surface area contributed by atoms with Crippen LogP contribution in [0.4, 0.5) is 0 Å². The molecule has 2 aromatic carbocycles. The van der Waals surface area contributed by atoms with E-state index in [0.29, 0.717) is 34.0 Å². The number of para-hydroxylation sites is 1. The second kappa shape index (κ2) is 8.26. The Balaban J connectivity index is 2.18. The van der Waals surface area contributed by atoms with Crippen molar-refractivity contribution in [1.29, 1.82) is 0 Å². The summed E-state index contributed by atoms with van der Waals surface area (Å²) < 4.78 is 6.82. The smallest absolute Gasteiger partial charge is 0.266 e. The summed E-state index contributed by atoms with van der Waals surface area (Å²) in [4.78, 5) is 30.0. The quantitative estimate of drug-likeness (QED) is 0.523. The van der Waals surface area contributed by atoms with E-state index in [1.165, 1.54) is 16.3 Å². The molecule has 1 aromatic heterocycles. The molecule has 0 aliphatic rings. The lowest BCUT2D eigenvalue weighted by Crippen LogP contribution is -2.31. The summed E-state index contributed by atoms with van der Waals surface area (Å²) in [5.74, 6) is 0.544. The number of nitrogens with zero attached hydrogens (tertiary/aromatic N) is 2. The molecule has 0 bridgehead atoms. The number of ether oxygens (including phenoxy) is 1. The molecule has 1 N–H and O–H groups in total. The van der Waals surface area contributed by atoms with Crippen LogP contribution in [0.3, 0.4) is 0 Å². The Bertz CT molecular complexity index is 1030.